The van der Waals surface area contributed by atoms with Crippen molar-refractivity contribution in [3.63, 3.8) is 0 Å². The number of hydrogen-bond donors (Lipinski definition) is 0. The Bertz CT molecular complexity index is 785. The highest BCUT2D eigenvalue weighted by Gasteiger charge is 2.89. The Balaban J connectivity index is 1.33. The minimum Gasteiger partial charge on any atom is -0.342 e. The lowest BCUT2D eigenvalue weighted by atomic mass is 9.23. The molecule has 4 saturated carbocycles. The summed E-state index contributed by atoms with van der Waals surface area (Å²) in [5, 5.41) is 0. The average Bonchev–Trinajstić information content (AvgIpc) is 3.18. The van der Waals surface area contributed by atoms with Crippen LogP contribution >= 0.6 is 0 Å². The number of rotatable bonds is 3. The lowest BCUT2D eigenvalue weighted by Gasteiger charge is -2.79. The normalized spacial score (nSPS) is 45.1. The van der Waals surface area contributed by atoms with Crippen LogP contribution in [0.15, 0.2) is 30.3 Å². The summed E-state index contributed by atoms with van der Waals surface area (Å²) in [5.41, 5.74) is 2.09. The van der Waals surface area contributed by atoms with Crippen molar-refractivity contribution in [3.8, 4) is 0 Å². The van der Waals surface area contributed by atoms with E-state index in [9.17, 15) is 4.79 Å². The standard InChI is InChI=1S/C24H32N2O/c1-25-10-8-20(9-11-25)26(2)21(27)23-13-17-12-19-15-22(16-23,24(19,23)14-17)18-6-4-3-5-7-18/h3-7,17,19-20H,8-16H2,1-2H3. The molecular formula is C24H32N2O. The molecule has 1 saturated heterocycles. The zero-order chi connectivity index (χ0) is 18.4. The molecule has 1 aliphatic heterocycles. The van der Waals surface area contributed by atoms with Gasteiger partial charge in [0.15, 0.2) is 0 Å². The van der Waals surface area contributed by atoms with Crippen LogP contribution < -0.4 is 0 Å². The van der Waals surface area contributed by atoms with Crippen LogP contribution in [0, 0.1) is 22.7 Å². The number of nitrogens with zero attached hydrogens (tertiary/aromatic N) is 2. The van der Waals surface area contributed by atoms with Gasteiger partial charge in [-0.15, -0.1) is 0 Å². The third kappa shape index (κ3) is 1.72. The number of likely N-dealkylation sites (tertiary alicyclic amines) is 1. The van der Waals surface area contributed by atoms with Crippen LogP contribution in [0.25, 0.3) is 0 Å². The van der Waals surface area contributed by atoms with Gasteiger partial charge in [-0.2, -0.15) is 0 Å². The summed E-state index contributed by atoms with van der Waals surface area (Å²) in [6, 6.07) is 11.6. The van der Waals surface area contributed by atoms with Crippen LogP contribution in [0.4, 0.5) is 0 Å². The minimum atomic E-state index is -0.0349. The molecule has 2 bridgehead atoms. The topological polar surface area (TPSA) is 23.6 Å². The molecule has 5 fully saturated rings. The van der Waals surface area contributed by atoms with Crippen LogP contribution in [0.3, 0.4) is 0 Å². The molecule has 0 N–H and O–H groups in total. The van der Waals surface area contributed by atoms with Gasteiger partial charge in [0.05, 0.1) is 5.41 Å². The van der Waals surface area contributed by atoms with Gasteiger partial charge in [0.25, 0.3) is 0 Å². The average molecular weight is 365 g/mol. The van der Waals surface area contributed by atoms with Crippen molar-refractivity contribution in [3.05, 3.63) is 35.9 Å². The Labute approximate surface area is 163 Å². The van der Waals surface area contributed by atoms with Crippen molar-refractivity contribution < 1.29 is 4.79 Å². The second-order valence-corrected chi connectivity index (χ2v) is 10.5. The van der Waals surface area contributed by atoms with Crippen molar-refractivity contribution in [2.24, 2.45) is 22.7 Å². The summed E-state index contributed by atoms with van der Waals surface area (Å²) >= 11 is 0. The maximum atomic E-state index is 13.9. The molecule has 1 aromatic rings. The molecule has 1 heterocycles. The fraction of sp³-hybridized carbons (Fsp3) is 0.708. The monoisotopic (exact) mass is 364 g/mol. The van der Waals surface area contributed by atoms with E-state index in [1.54, 1.807) is 0 Å². The fourth-order valence-electron chi connectivity index (χ4n) is 8.84. The maximum absolute atomic E-state index is 13.9. The van der Waals surface area contributed by atoms with Crippen LogP contribution in [-0.2, 0) is 10.2 Å². The van der Waals surface area contributed by atoms with Gasteiger partial charge in [0.2, 0.25) is 5.91 Å². The van der Waals surface area contributed by atoms with Gasteiger partial charge >= 0.3 is 0 Å². The number of carbonyl (C=O) groups is 1. The molecule has 1 amide bonds. The van der Waals surface area contributed by atoms with Crippen LogP contribution in [0.5, 0.6) is 0 Å². The number of piperidine rings is 1. The number of amides is 1. The Hall–Kier alpha value is -1.35. The molecule has 0 radical (unpaired) electrons. The molecule has 5 unspecified atom stereocenters. The van der Waals surface area contributed by atoms with Gasteiger partial charge in [-0.1, -0.05) is 30.3 Å². The van der Waals surface area contributed by atoms with E-state index >= 15 is 0 Å². The van der Waals surface area contributed by atoms with Crippen molar-refractivity contribution in [2.45, 2.75) is 56.4 Å². The van der Waals surface area contributed by atoms with E-state index in [1.807, 2.05) is 0 Å². The van der Waals surface area contributed by atoms with Gasteiger partial charge in [0, 0.05) is 18.5 Å². The SMILES string of the molecule is CN1CCC(N(C)C(=O)C23CC4CC5CC(c6ccccc6)(C2)C53C4)CC1. The molecule has 3 heteroatoms. The molecule has 0 aromatic heterocycles. The van der Waals surface area contributed by atoms with E-state index in [0.29, 0.717) is 22.8 Å². The van der Waals surface area contributed by atoms with Gasteiger partial charge in [-0.05, 0) is 87.9 Å². The summed E-state index contributed by atoms with van der Waals surface area (Å²) < 4.78 is 0. The van der Waals surface area contributed by atoms with E-state index < -0.39 is 0 Å². The third-order valence-corrected chi connectivity index (χ3v) is 9.76. The fourth-order valence-corrected chi connectivity index (χ4v) is 8.84. The first-order valence-electron chi connectivity index (χ1n) is 11.0. The Morgan fingerprint density at radius 1 is 1.11 bits per heavy atom. The lowest BCUT2D eigenvalue weighted by Crippen LogP contribution is -2.79. The molecule has 27 heavy (non-hydrogen) atoms. The van der Waals surface area contributed by atoms with Crippen LogP contribution in [0.1, 0.15) is 50.5 Å². The smallest absolute Gasteiger partial charge is 0.229 e. The molecule has 5 aliphatic rings. The Morgan fingerprint density at radius 2 is 1.85 bits per heavy atom. The van der Waals surface area contributed by atoms with E-state index in [4.69, 9.17) is 0 Å². The number of benzene rings is 1. The molecule has 1 aromatic carbocycles. The second kappa shape index (κ2) is 5.17. The quantitative estimate of drug-likeness (QED) is 0.817. The summed E-state index contributed by atoms with van der Waals surface area (Å²) in [6.45, 7) is 2.25. The van der Waals surface area contributed by atoms with Crippen LogP contribution in [-0.4, -0.2) is 48.9 Å². The summed E-state index contributed by atoms with van der Waals surface area (Å²) in [7, 11) is 4.32. The largest absolute Gasteiger partial charge is 0.342 e. The number of hydrogen-bond acceptors (Lipinski definition) is 2. The molecule has 4 aliphatic carbocycles. The van der Waals surface area contributed by atoms with E-state index in [1.165, 1.54) is 31.2 Å². The molecule has 5 atom stereocenters. The maximum Gasteiger partial charge on any atom is 0.229 e. The van der Waals surface area contributed by atoms with Gasteiger partial charge < -0.3 is 9.80 Å². The predicted molar refractivity (Wildman–Crippen MR) is 106 cm³/mol. The molecule has 3 nitrogen and oxygen atoms in total. The number of fused-ring (bicyclic) bond motifs is 1. The zero-order valence-corrected chi connectivity index (χ0v) is 16.8. The Kier molecular flexibility index (Phi) is 3.18. The van der Waals surface area contributed by atoms with E-state index in [0.717, 1.165) is 44.2 Å². The highest BCUT2D eigenvalue weighted by atomic mass is 16.2. The summed E-state index contributed by atoms with van der Waals surface area (Å²) in [6.07, 6.45) is 8.61. The van der Waals surface area contributed by atoms with Gasteiger partial charge in [-0.25, -0.2) is 0 Å². The minimum absolute atomic E-state index is 0.0349. The number of carbonyl (C=O) groups excluding carboxylic acids is 1. The van der Waals surface area contributed by atoms with Crippen molar-refractivity contribution in [2.75, 3.05) is 27.2 Å². The first-order chi connectivity index (χ1) is 13.0. The highest BCUT2D eigenvalue weighted by molar-refractivity contribution is 5.88. The van der Waals surface area contributed by atoms with Gasteiger partial charge in [0.1, 0.15) is 0 Å². The Morgan fingerprint density at radius 3 is 2.56 bits per heavy atom. The molecule has 6 rings (SSSR count). The zero-order valence-electron chi connectivity index (χ0n) is 16.8. The highest BCUT2D eigenvalue weighted by Crippen LogP contribution is 2.91. The molecule has 144 valence electrons. The first kappa shape index (κ1) is 16.6. The van der Waals surface area contributed by atoms with Crippen LogP contribution in [0.2, 0.25) is 0 Å². The summed E-state index contributed by atoms with van der Waals surface area (Å²) in [4.78, 5) is 18.5. The van der Waals surface area contributed by atoms with E-state index in [2.05, 4.69) is 54.2 Å². The molecule has 1 spiro atoms. The van der Waals surface area contributed by atoms with Gasteiger partial charge in [-0.3, -0.25) is 4.79 Å². The van der Waals surface area contributed by atoms with Crippen molar-refractivity contribution >= 4 is 5.91 Å². The lowest BCUT2D eigenvalue weighted by molar-refractivity contribution is -0.264. The third-order valence-electron chi connectivity index (χ3n) is 9.76. The van der Waals surface area contributed by atoms with Crippen molar-refractivity contribution in [1.82, 2.24) is 9.80 Å². The molecular weight excluding hydrogens is 332 g/mol. The first-order valence-corrected chi connectivity index (χ1v) is 11.0. The predicted octanol–water partition coefficient (Wildman–Crippen LogP) is 3.69. The summed E-state index contributed by atoms with van der Waals surface area (Å²) in [5.74, 6) is 2.12. The second-order valence-electron chi connectivity index (χ2n) is 10.5. The van der Waals surface area contributed by atoms with E-state index in [-0.39, 0.29) is 5.41 Å². The van der Waals surface area contributed by atoms with Crippen molar-refractivity contribution in [1.29, 1.82) is 0 Å².